The first-order chi connectivity index (χ1) is 14.2. The van der Waals surface area contributed by atoms with E-state index < -0.39 is 0 Å². The van der Waals surface area contributed by atoms with Gasteiger partial charge in [0.15, 0.2) is 0 Å². The fraction of sp³-hybridized carbons (Fsp3) is 0.625. The first kappa shape index (κ1) is 19.1. The first-order valence-electron chi connectivity index (χ1n) is 11.5. The van der Waals surface area contributed by atoms with Gasteiger partial charge in [-0.25, -0.2) is 0 Å². The van der Waals surface area contributed by atoms with Gasteiger partial charge in [-0.1, -0.05) is 31.0 Å². The van der Waals surface area contributed by atoms with Crippen molar-refractivity contribution < 1.29 is 4.79 Å². The predicted molar refractivity (Wildman–Crippen MR) is 117 cm³/mol. The Hall–Kier alpha value is -1.85. The molecule has 3 fully saturated rings. The number of carbonyl (C=O) groups excluding carboxylic acids is 1. The number of nitrogens with zero attached hydrogens (tertiary/aromatic N) is 3. The third-order valence-corrected chi connectivity index (χ3v) is 7.35. The van der Waals surface area contributed by atoms with Crippen molar-refractivity contribution in [3.8, 4) is 0 Å². The highest BCUT2D eigenvalue weighted by atomic mass is 16.2. The molecular formula is C24H34N4O. The smallest absolute Gasteiger partial charge is 0.240 e. The number of hydrogen-bond donors (Lipinski definition) is 1. The van der Waals surface area contributed by atoms with Crippen LogP contribution >= 0.6 is 0 Å². The number of aromatic nitrogens is 1. The van der Waals surface area contributed by atoms with Gasteiger partial charge >= 0.3 is 0 Å². The van der Waals surface area contributed by atoms with Gasteiger partial charge in [-0.15, -0.1) is 0 Å². The normalized spacial score (nSPS) is 26.2. The van der Waals surface area contributed by atoms with Crippen LogP contribution in [0.3, 0.4) is 0 Å². The van der Waals surface area contributed by atoms with Crippen molar-refractivity contribution >= 4 is 16.8 Å². The van der Waals surface area contributed by atoms with Gasteiger partial charge in [0.05, 0.1) is 0 Å². The molecule has 1 amide bonds. The van der Waals surface area contributed by atoms with E-state index >= 15 is 0 Å². The van der Waals surface area contributed by atoms with Gasteiger partial charge in [0.2, 0.25) is 5.91 Å². The Bertz CT molecular complexity index is 869. The molecule has 1 aromatic carbocycles. The van der Waals surface area contributed by atoms with Crippen molar-refractivity contribution in [2.45, 2.75) is 76.7 Å². The van der Waals surface area contributed by atoms with Crippen LogP contribution in [0.25, 0.3) is 10.9 Å². The standard InChI is InChI=1S/C24H34N4O/c1-18-13-26-12-6-9-21(26)16-27(18)14-19-15-28(23-11-5-4-10-22(19)23)17-24(29)25-20-7-2-3-8-20/h4-5,10-11,15,18,20-21H,2-3,6-9,12-14,16-17H2,1H3,(H,25,29)/t18-,21-/m0/s1. The molecule has 0 radical (unpaired) electrons. The highest BCUT2D eigenvalue weighted by Crippen LogP contribution is 2.28. The molecule has 5 nitrogen and oxygen atoms in total. The zero-order valence-electron chi connectivity index (χ0n) is 17.6. The van der Waals surface area contributed by atoms with E-state index in [0.717, 1.165) is 25.4 Å². The van der Waals surface area contributed by atoms with Gasteiger partial charge in [0.25, 0.3) is 0 Å². The molecular weight excluding hydrogens is 360 g/mol. The molecule has 3 aliphatic rings. The molecule has 5 heteroatoms. The number of carbonyl (C=O) groups is 1. The van der Waals surface area contributed by atoms with Gasteiger partial charge in [-0.2, -0.15) is 0 Å². The second kappa shape index (κ2) is 8.11. The zero-order valence-corrected chi connectivity index (χ0v) is 17.6. The fourth-order valence-electron chi connectivity index (χ4n) is 5.76. The second-order valence-electron chi connectivity index (χ2n) is 9.42. The molecule has 2 aromatic rings. The highest BCUT2D eigenvalue weighted by Gasteiger charge is 2.34. The molecule has 1 N–H and O–H groups in total. The number of fused-ring (bicyclic) bond motifs is 2. The number of amides is 1. The number of piperazine rings is 1. The predicted octanol–water partition coefficient (Wildman–Crippen LogP) is 3.37. The Morgan fingerprint density at radius 2 is 1.93 bits per heavy atom. The quantitative estimate of drug-likeness (QED) is 0.845. The topological polar surface area (TPSA) is 40.5 Å². The maximum Gasteiger partial charge on any atom is 0.240 e. The molecule has 0 spiro atoms. The fourth-order valence-corrected chi connectivity index (χ4v) is 5.76. The van der Waals surface area contributed by atoms with E-state index in [1.54, 1.807) is 0 Å². The Labute approximate surface area is 174 Å². The lowest BCUT2D eigenvalue weighted by molar-refractivity contribution is -0.122. The maximum atomic E-state index is 12.6. The van der Waals surface area contributed by atoms with Crippen molar-refractivity contribution in [2.24, 2.45) is 0 Å². The van der Waals surface area contributed by atoms with Crippen molar-refractivity contribution in [1.29, 1.82) is 0 Å². The Kier molecular flexibility index (Phi) is 5.35. The van der Waals surface area contributed by atoms with E-state index in [1.165, 1.54) is 61.8 Å². The maximum absolute atomic E-state index is 12.6. The summed E-state index contributed by atoms with van der Waals surface area (Å²) in [5.74, 6) is 0.150. The second-order valence-corrected chi connectivity index (χ2v) is 9.42. The van der Waals surface area contributed by atoms with Crippen molar-refractivity contribution in [1.82, 2.24) is 19.7 Å². The molecule has 1 saturated carbocycles. The van der Waals surface area contributed by atoms with E-state index in [-0.39, 0.29) is 5.91 Å². The molecule has 5 rings (SSSR count). The zero-order chi connectivity index (χ0) is 19.8. The molecule has 1 aromatic heterocycles. The first-order valence-corrected chi connectivity index (χ1v) is 11.5. The summed E-state index contributed by atoms with van der Waals surface area (Å²) in [4.78, 5) is 18.0. The Morgan fingerprint density at radius 1 is 1.10 bits per heavy atom. The highest BCUT2D eigenvalue weighted by molar-refractivity contribution is 5.86. The molecule has 0 unspecified atom stereocenters. The molecule has 2 saturated heterocycles. The molecule has 1 aliphatic carbocycles. The summed E-state index contributed by atoms with van der Waals surface area (Å²) in [5, 5.41) is 4.53. The van der Waals surface area contributed by atoms with E-state index in [4.69, 9.17) is 0 Å². The summed E-state index contributed by atoms with van der Waals surface area (Å²) in [5.41, 5.74) is 2.53. The van der Waals surface area contributed by atoms with Crippen LogP contribution in [0.1, 0.15) is 51.0 Å². The molecule has 2 aliphatic heterocycles. The van der Waals surface area contributed by atoms with E-state index in [9.17, 15) is 4.79 Å². The monoisotopic (exact) mass is 394 g/mol. The largest absolute Gasteiger partial charge is 0.352 e. The van der Waals surface area contributed by atoms with Gasteiger partial charge in [0.1, 0.15) is 6.54 Å². The van der Waals surface area contributed by atoms with E-state index in [2.05, 4.69) is 57.1 Å². The van der Waals surface area contributed by atoms with Crippen molar-refractivity contribution in [2.75, 3.05) is 19.6 Å². The van der Waals surface area contributed by atoms with Crippen LogP contribution in [-0.2, 0) is 17.9 Å². The van der Waals surface area contributed by atoms with Crippen LogP contribution < -0.4 is 5.32 Å². The third kappa shape index (κ3) is 3.95. The minimum Gasteiger partial charge on any atom is -0.352 e. The van der Waals surface area contributed by atoms with Gasteiger partial charge in [0, 0.05) is 54.9 Å². The third-order valence-electron chi connectivity index (χ3n) is 7.35. The van der Waals surface area contributed by atoms with Gasteiger partial charge < -0.3 is 9.88 Å². The number of nitrogens with one attached hydrogen (secondary N) is 1. The molecule has 0 bridgehead atoms. The lowest BCUT2D eigenvalue weighted by Crippen LogP contribution is -2.54. The van der Waals surface area contributed by atoms with Crippen LogP contribution in [0.5, 0.6) is 0 Å². The lowest BCUT2D eigenvalue weighted by Gasteiger charge is -2.42. The van der Waals surface area contributed by atoms with Crippen LogP contribution in [0.15, 0.2) is 30.5 Å². The number of para-hydroxylation sites is 1. The summed E-state index contributed by atoms with van der Waals surface area (Å²) in [6.07, 6.45) is 9.67. The van der Waals surface area contributed by atoms with Gasteiger partial charge in [-0.05, 0) is 50.8 Å². The van der Waals surface area contributed by atoms with Crippen molar-refractivity contribution in [3.05, 3.63) is 36.0 Å². The summed E-state index contributed by atoms with van der Waals surface area (Å²) in [6, 6.07) is 10.3. The number of benzene rings is 1. The minimum atomic E-state index is 0.150. The molecule has 156 valence electrons. The van der Waals surface area contributed by atoms with Gasteiger partial charge in [-0.3, -0.25) is 14.6 Å². The average molecular weight is 395 g/mol. The number of rotatable bonds is 5. The molecule has 29 heavy (non-hydrogen) atoms. The summed E-state index contributed by atoms with van der Waals surface area (Å²) < 4.78 is 2.16. The van der Waals surface area contributed by atoms with Crippen LogP contribution in [-0.4, -0.2) is 58.0 Å². The average Bonchev–Trinajstić information content (AvgIpc) is 3.44. The number of hydrogen-bond acceptors (Lipinski definition) is 3. The Morgan fingerprint density at radius 3 is 2.79 bits per heavy atom. The van der Waals surface area contributed by atoms with E-state index in [0.29, 0.717) is 18.6 Å². The lowest BCUT2D eigenvalue weighted by atomic mass is 10.1. The van der Waals surface area contributed by atoms with E-state index in [1.807, 2.05) is 0 Å². The summed E-state index contributed by atoms with van der Waals surface area (Å²) in [7, 11) is 0. The summed E-state index contributed by atoms with van der Waals surface area (Å²) >= 11 is 0. The molecule has 3 heterocycles. The van der Waals surface area contributed by atoms with Crippen LogP contribution in [0.4, 0.5) is 0 Å². The Balaban J connectivity index is 1.33. The van der Waals surface area contributed by atoms with Crippen molar-refractivity contribution in [3.63, 3.8) is 0 Å². The summed E-state index contributed by atoms with van der Waals surface area (Å²) in [6.45, 7) is 7.39. The van der Waals surface area contributed by atoms with Crippen LogP contribution in [0, 0.1) is 0 Å². The SMILES string of the molecule is C[C@H]1CN2CCC[C@H]2CN1Cc1cn(CC(=O)NC2CCCC2)c2ccccc12. The van der Waals surface area contributed by atoms with Crippen LogP contribution in [0.2, 0.25) is 0 Å². The molecule has 2 atom stereocenters. The minimum absolute atomic E-state index is 0.150.